The fourth-order valence-corrected chi connectivity index (χ4v) is 2.95. The number of pyridine rings is 1. The minimum absolute atomic E-state index is 0.462. The van der Waals surface area contributed by atoms with E-state index in [1.807, 2.05) is 18.2 Å². The molecule has 0 saturated carbocycles. The van der Waals surface area contributed by atoms with Crippen LogP contribution < -0.4 is 0 Å². The molecule has 5 heteroatoms. The van der Waals surface area contributed by atoms with Crippen LogP contribution in [0.5, 0.6) is 0 Å². The molecule has 1 aromatic heterocycles. The number of aliphatic carboxylic acids is 1. The molecule has 3 rings (SSSR count). The smallest absolute Gasteiger partial charge is 0.309 e. The van der Waals surface area contributed by atoms with Crippen LogP contribution in [0.25, 0.3) is 10.9 Å². The second-order valence-corrected chi connectivity index (χ2v) is 5.32. The van der Waals surface area contributed by atoms with E-state index in [1.165, 1.54) is 0 Å². The van der Waals surface area contributed by atoms with Crippen LogP contribution in [0.15, 0.2) is 30.5 Å². The van der Waals surface area contributed by atoms with Crippen molar-refractivity contribution in [1.82, 2.24) is 4.98 Å². The van der Waals surface area contributed by atoms with Crippen LogP contribution in [0.2, 0.25) is 5.02 Å². The summed E-state index contributed by atoms with van der Waals surface area (Å²) >= 11 is 6.17. The molecule has 1 aliphatic rings. The number of nitrogens with zero attached hydrogens (tertiary/aromatic N) is 1. The van der Waals surface area contributed by atoms with Gasteiger partial charge in [-0.1, -0.05) is 17.7 Å². The van der Waals surface area contributed by atoms with E-state index < -0.39 is 18.0 Å². The summed E-state index contributed by atoms with van der Waals surface area (Å²) < 4.78 is 5.72. The third kappa shape index (κ3) is 2.25. The van der Waals surface area contributed by atoms with Gasteiger partial charge >= 0.3 is 5.97 Å². The lowest BCUT2D eigenvalue weighted by molar-refractivity contribution is -0.151. The fraction of sp³-hybridized carbons (Fsp3) is 0.333. The third-order valence-corrected chi connectivity index (χ3v) is 4.02. The number of carbonyl (C=O) groups is 1. The average Bonchev–Trinajstić information content (AvgIpc) is 2.48. The third-order valence-electron chi connectivity index (χ3n) is 3.69. The Morgan fingerprint density at radius 1 is 1.40 bits per heavy atom. The zero-order valence-electron chi connectivity index (χ0n) is 10.8. The zero-order chi connectivity index (χ0) is 14.1. The summed E-state index contributed by atoms with van der Waals surface area (Å²) in [5.41, 5.74) is 1.52. The number of benzene rings is 1. The van der Waals surface area contributed by atoms with E-state index in [4.69, 9.17) is 16.3 Å². The van der Waals surface area contributed by atoms with Gasteiger partial charge in [-0.05, 0) is 31.0 Å². The van der Waals surface area contributed by atoms with Gasteiger partial charge in [-0.15, -0.1) is 0 Å². The summed E-state index contributed by atoms with van der Waals surface area (Å²) in [4.78, 5) is 15.8. The second kappa shape index (κ2) is 5.38. The number of carboxylic acids is 1. The van der Waals surface area contributed by atoms with Crippen LogP contribution in [0.3, 0.4) is 0 Å². The standard InChI is InChI=1S/C15H14ClNO3/c16-12-6-5-10(13-9(12)3-1-7-17-13)14-11(15(18)19)4-2-8-20-14/h1,3,5-7,11,14H,2,4,8H2,(H,18,19). The molecule has 2 atom stereocenters. The van der Waals surface area contributed by atoms with E-state index >= 15 is 0 Å². The SMILES string of the molecule is O=C(O)C1CCCOC1c1ccc(Cl)c2cccnc12. The largest absolute Gasteiger partial charge is 0.481 e. The number of carboxylic acid groups (broad SMARTS) is 1. The van der Waals surface area contributed by atoms with E-state index in [1.54, 1.807) is 12.3 Å². The fourth-order valence-electron chi connectivity index (χ4n) is 2.73. The van der Waals surface area contributed by atoms with Gasteiger partial charge in [0.1, 0.15) is 0 Å². The van der Waals surface area contributed by atoms with E-state index in [-0.39, 0.29) is 0 Å². The molecule has 1 fully saturated rings. The number of hydrogen-bond acceptors (Lipinski definition) is 3. The summed E-state index contributed by atoms with van der Waals surface area (Å²) in [7, 11) is 0. The minimum atomic E-state index is -0.825. The van der Waals surface area contributed by atoms with Gasteiger partial charge in [0.25, 0.3) is 0 Å². The maximum Gasteiger partial charge on any atom is 0.309 e. The van der Waals surface area contributed by atoms with Crippen molar-refractivity contribution in [2.24, 2.45) is 5.92 Å². The van der Waals surface area contributed by atoms with Crippen molar-refractivity contribution < 1.29 is 14.6 Å². The van der Waals surface area contributed by atoms with Crippen LogP contribution in [-0.4, -0.2) is 22.7 Å². The molecule has 1 N–H and O–H groups in total. The molecule has 104 valence electrons. The number of halogens is 1. The number of aromatic nitrogens is 1. The minimum Gasteiger partial charge on any atom is -0.481 e. The van der Waals surface area contributed by atoms with Crippen molar-refractivity contribution in [3.05, 3.63) is 41.0 Å². The highest BCUT2D eigenvalue weighted by Gasteiger charge is 2.34. The Morgan fingerprint density at radius 2 is 2.25 bits per heavy atom. The monoisotopic (exact) mass is 291 g/mol. The molecule has 1 aliphatic heterocycles. The maximum absolute atomic E-state index is 11.4. The molecule has 2 aromatic rings. The first-order valence-corrected chi connectivity index (χ1v) is 6.94. The number of rotatable bonds is 2. The highest BCUT2D eigenvalue weighted by atomic mass is 35.5. The first-order valence-electron chi connectivity index (χ1n) is 6.56. The predicted octanol–water partition coefficient (Wildman–Crippen LogP) is 3.44. The lowest BCUT2D eigenvalue weighted by Crippen LogP contribution is -2.29. The number of ether oxygens (including phenoxy) is 1. The predicted molar refractivity (Wildman–Crippen MR) is 75.8 cm³/mol. The summed E-state index contributed by atoms with van der Waals surface area (Å²) in [6.07, 6.45) is 2.61. The van der Waals surface area contributed by atoms with Gasteiger partial charge in [0.2, 0.25) is 0 Å². The molecule has 0 spiro atoms. The lowest BCUT2D eigenvalue weighted by atomic mass is 9.88. The van der Waals surface area contributed by atoms with Crippen molar-refractivity contribution >= 4 is 28.5 Å². The molecule has 0 radical (unpaired) electrons. The average molecular weight is 292 g/mol. The normalized spacial score (nSPS) is 22.9. The van der Waals surface area contributed by atoms with E-state index in [0.717, 1.165) is 22.9 Å². The molecule has 1 saturated heterocycles. The number of fused-ring (bicyclic) bond motifs is 1. The summed E-state index contributed by atoms with van der Waals surface area (Å²) in [5.74, 6) is -1.36. The quantitative estimate of drug-likeness (QED) is 0.921. The zero-order valence-corrected chi connectivity index (χ0v) is 11.5. The Balaban J connectivity index is 2.13. The van der Waals surface area contributed by atoms with E-state index in [9.17, 15) is 9.90 Å². The molecule has 0 bridgehead atoms. The first-order chi connectivity index (χ1) is 9.68. The molecule has 2 unspecified atom stereocenters. The van der Waals surface area contributed by atoms with Gasteiger partial charge in [-0.2, -0.15) is 0 Å². The van der Waals surface area contributed by atoms with Crippen molar-refractivity contribution in [1.29, 1.82) is 0 Å². The highest BCUT2D eigenvalue weighted by Crippen LogP contribution is 2.38. The Bertz CT molecular complexity index is 659. The summed E-state index contributed by atoms with van der Waals surface area (Å²) in [6, 6.07) is 7.29. The van der Waals surface area contributed by atoms with Gasteiger partial charge in [0.15, 0.2) is 0 Å². The summed E-state index contributed by atoms with van der Waals surface area (Å²) in [5, 5.41) is 10.8. The Kier molecular flexibility index (Phi) is 3.59. The van der Waals surface area contributed by atoms with Gasteiger partial charge in [0, 0.05) is 28.8 Å². The van der Waals surface area contributed by atoms with Crippen LogP contribution in [0, 0.1) is 5.92 Å². The van der Waals surface area contributed by atoms with E-state index in [0.29, 0.717) is 18.1 Å². The first kappa shape index (κ1) is 13.3. The maximum atomic E-state index is 11.4. The Hall–Kier alpha value is -1.65. The molecule has 0 amide bonds. The van der Waals surface area contributed by atoms with Gasteiger partial charge in [-0.3, -0.25) is 9.78 Å². The van der Waals surface area contributed by atoms with Crippen molar-refractivity contribution in [2.45, 2.75) is 18.9 Å². The van der Waals surface area contributed by atoms with Gasteiger partial charge < -0.3 is 9.84 Å². The molecule has 4 nitrogen and oxygen atoms in total. The Labute approximate surface area is 121 Å². The molecule has 20 heavy (non-hydrogen) atoms. The lowest BCUT2D eigenvalue weighted by Gasteiger charge is -2.29. The molecule has 2 heterocycles. The van der Waals surface area contributed by atoms with Crippen molar-refractivity contribution in [3.63, 3.8) is 0 Å². The molecule has 1 aromatic carbocycles. The van der Waals surface area contributed by atoms with Crippen LogP contribution in [0.1, 0.15) is 24.5 Å². The van der Waals surface area contributed by atoms with Gasteiger partial charge in [-0.25, -0.2) is 0 Å². The topological polar surface area (TPSA) is 59.4 Å². The van der Waals surface area contributed by atoms with Crippen LogP contribution in [0.4, 0.5) is 0 Å². The van der Waals surface area contributed by atoms with Crippen LogP contribution >= 0.6 is 11.6 Å². The summed E-state index contributed by atoms with van der Waals surface area (Å²) in [6.45, 7) is 0.575. The molecule has 0 aliphatic carbocycles. The highest BCUT2D eigenvalue weighted by molar-refractivity contribution is 6.35. The molecular weight excluding hydrogens is 278 g/mol. The van der Waals surface area contributed by atoms with E-state index in [2.05, 4.69) is 4.98 Å². The second-order valence-electron chi connectivity index (χ2n) is 4.91. The van der Waals surface area contributed by atoms with Gasteiger partial charge in [0.05, 0.1) is 17.5 Å². The molecular formula is C15H14ClNO3. The Morgan fingerprint density at radius 3 is 3.05 bits per heavy atom. The van der Waals surface area contributed by atoms with Crippen LogP contribution in [-0.2, 0) is 9.53 Å². The van der Waals surface area contributed by atoms with Crippen molar-refractivity contribution in [2.75, 3.05) is 6.61 Å². The number of hydrogen-bond donors (Lipinski definition) is 1. The van der Waals surface area contributed by atoms with Crippen molar-refractivity contribution in [3.8, 4) is 0 Å².